The predicted molar refractivity (Wildman–Crippen MR) is 79.1 cm³/mol. The minimum absolute atomic E-state index is 0.174. The molecule has 0 spiro atoms. The highest BCUT2D eigenvalue weighted by Gasteiger charge is 2.12. The summed E-state index contributed by atoms with van der Waals surface area (Å²) in [7, 11) is 0. The highest BCUT2D eigenvalue weighted by atomic mass is 32.1. The molecule has 0 aliphatic heterocycles. The fourth-order valence-electron chi connectivity index (χ4n) is 2.11. The molecule has 0 radical (unpaired) electrons. The van der Waals surface area contributed by atoms with Crippen LogP contribution in [0.2, 0.25) is 0 Å². The van der Waals surface area contributed by atoms with E-state index in [4.69, 9.17) is 5.84 Å². The topological polar surface area (TPSA) is 63.8 Å². The van der Waals surface area contributed by atoms with Gasteiger partial charge in [-0.05, 0) is 24.6 Å². The molecule has 21 heavy (non-hydrogen) atoms. The molecule has 7 heteroatoms. The van der Waals surface area contributed by atoms with Gasteiger partial charge in [0.2, 0.25) is 0 Å². The summed E-state index contributed by atoms with van der Waals surface area (Å²) in [6.07, 6.45) is 0.174. The van der Waals surface area contributed by atoms with Crippen LogP contribution in [0.4, 0.5) is 14.6 Å². The van der Waals surface area contributed by atoms with E-state index in [1.54, 1.807) is 0 Å². The van der Waals surface area contributed by atoms with E-state index >= 15 is 0 Å². The second kappa shape index (κ2) is 5.34. The van der Waals surface area contributed by atoms with Gasteiger partial charge in [0.25, 0.3) is 0 Å². The van der Waals surface area contributed by atoms with Crippen LogP contribution in [-0.4, -0.2) is 9.97 Å². The number of anilines is 1. The maximum atomic E-state index is 13.7. The van der Waals surface area contributed by atoms with E-state index in [0.717, 1.165) is 21.2 Å². The molecule has 0 aliphatic rings. The molecular weight excluding hydrogens is 294 g/mol. The molecule has 0 fully saturated rings. The van der Waals surface area contributed by atoms with Crippen molar-refractivity contribution in [3.8, 4) is 0 Å². The van der Waals surface area contributed by atoms with Crippen molar-refractivity contribution in [3.05, 3.63) is 52.2 Å². The van der Waals surface area contributed by atoms with E-state index in [-0.39, 0.29) is 6.42 Å². The van der Waals surface area contributed by atoms with Crippen LogP contribution >= 0.6 is 11.3 Å². The number of nitrogen functional groups attached to an aromatic ring is 1. The van der Waals surface area contributed by atoms with Gasteiger partial charge < -0.3 is 5.43 Å². The Morgan fingerprint density at radius 3 is 2.76 bits per heavy atom. The molecular formula is C14H12F2N4S. The van der Waals surface area contributed by atoms with Crippen LogP contribution in [0.15, 0.2) is 24.3 Å². The van der Waals surface area contributed by atoms with Crippen LogP contribution < -0.4 is 11.3 Å². The summed E-state index contributed by atoms with van der Waals surface area (Å²) in [6.45, 7) is 1.96. The summed E-state index contributed by atoms with van der Waals surface area (Å²) in [5.41, 5.74) is 2.87. The number of benzene rings is 1. The Balaban J connectivity index is 2.04. The Hall–Kier alpha value is -2.12. The first-order valence-corrected chi connectivity index (χ1v) is 7.06. The minimum Gasteiger partial charge on any atom is -0.308 e. The maximum absolute atomic E-state index is 13.7. The number of rotatable bonds is 3. The zero-order valence-corrected chi connectivity index (χ0v) is 12.0. The normalized spacial score (nSPS) is 11.0. The second-order valence-corrected chi connectivity index (χ2v) is 5.86. The molecule has 2 heterocycles. The molecule has 3 aromatic rings. The minimum atomic E-state index is -0.608. The van der Waals surface area contributed by atoms with Crippen molar-refractivity contribution in [2.75, 3.05) is 5.43 Å². The van der Waals surface area contributed by atoms with Crippen molar-refractivity contribution in [1.29, 1.82) is 0 Å². The third kappa shape index (κ3) is 2.70. The van der Waals surface area contributed by atoms with Gasteiger partial charge in [0, 0.05) is 17.4 Å². The van der Waals surface area contributed by atoms with Gasteiger partial charge in [0.15, 0.2) is 5.82 Å². The van der Waals surface area contributed by atoms with Crippen molar-refractivity contribution in [1.82, 2.24) is 9.97 Å². The third-order valence-corrected chi connectivity index (χ3v) is 4.01. The van der Waals surface area contributed by atoms with E-state index in [9.17, 15) is 8.78 Å². The standard InChI is InChI=1S/C14H12F2N4S/c1-7-4-10-13(20-17)18-12(19-14(10)21-7)5-8-2-3-9(15)6-11(8)16/h2-4,6H,5,17H2,1H3,(H,18,19,20). The molecule has 0 unspecified atom stereocenters. The molecule has 0 amide bonds. The smallest absolute Gasteiger partial charge is 0.152 e. The lowest BCUT2D eigenvalue weighted by molar-refractivity contribution is 0.573. The fourth-order valence-corrected chi connectivity index (χ4v) is 3.01. The summed E-state index contributed by atoms with van der Waals surface area (Å²) >= 11 is 1.51. The Morgan fingerprint density at radius 1 is 1.24 bits per heavy atom. The third-order valence-electron chi connectivity index (χ3n) is 3.06. The number of hydrogen-bond acceptors (Lipinski definition) is 5. The molecule has 4 nitrogen and oxygen atoms in total. The van der Waals surface area contributed by atoms with Crippen molar-refractivity contribution in [3.63, 3.8) is 0 Å². The van der Waals surface area contributed by atoms with Gasteiger partial charge in [-0.3, -0.25) is 0 Å². The first-order chi connectivity index (χ1) is 10.1. The number of nitrogens with two attached hydrogens (primary N) is 1. The molecule has 3 rings (SSSR count). The van der Waals surface area contributed by atoms with Crippen LogP contribution in [0.1, 0.15) is 16.3 Å². The summed E-state index contributed by atoms with van der Waals surface area (Å²) in [4.78, 5) is 10.6. The average Bonchev–Trinajstić information content (AvgIpc) is 2.81. The zero-order valence-electron chi connectivity index (χ0n) is 11.2. The van der Waals surface area contributed by atoms with E-state index in [2.05, 4.69) is 15.4 Å². The molecule has 2 aromatic heterocycles. The van der Waals surface area contributed by atoms with Crippen molar-refractivity contribution < 1.29 is 8.78 Å². The lowest BCUT2D eigenvalue weighted by atomic mass is 10.1. The zero-order chi connectivity index (χ0) is 15.0. The lowest BCUT2D eigenvalue weighted by Gasteiger charge is -2.06. The second-order valence-electron chi connectivity index (χ2n) is 4.62. The lowest BCUT2D eigenvalue weighted by Crippen LogP contribution is -2.11. The van der Waals surface area contributed by atoms with E-state index in [1.807, 2.05) is 13.0 Å². The number of aryl methyl sites for hydroxylation is 1. The fraction of sp³-hybridized carbons (Fsp3) is 0.143. The van der Waals surface area contributed by atoms with Crippen LogP contribution in [0.25, 0.3) is 10.2 Å². The van der Waals surface area contributed by atoms with Gasteiger partial charge in [0.1, 0.15) is 22.3 Å². The van der Waals surface area contributed by atoms with Crippen LogP contribution in [0.5, 0.6) is 0 Å². The Kier molecular flexibility index (Phi) is 3.52. The molecule has 0 aliphatic carbocycles. The van der Waals surface area contributed by atoms with E-state index in [0.29, 0.717) is 17.2 Å². The highest BCUT2D eigenvalue weighted by molar-refractivity contribution is 7.18. The molecule has 108 valence electrons. The number of hydrazine groups is 1. The summed E-state index contributed by atoms with van der Waals surface area (Å²) in [5.74, 6) is 5.20. The number of nitrogens with zero attached hydrogens (tertiary/aromatic N) is 2. The van der Waals surface area contributed by atoms with Gasteiger partial charge in [-0.2, -0.15) is 0 Å². The van der Waals surface area contributed by atoms with Gasteiger partial charge in [-0.25, -0.2) is 24.6 Å². The molecule has 1 aromatic carbocycles. The Bertz CT molecular complexity index is 816. The molecule has 3 N–H and O–H groups in total. The van der Waals surface area contributed by atoms with Crippen molar-refractivity contribution >= 4 is 27.4 Å². The number of hydrogen-bond donors (Lipinski definition) is 2. The summed E-state index contributed by atoms with van der Waals surface area (Å²) in [5, 5.41) is 0.836. The number of halogens is 2. The monoisotopic (exact) mass is 306 g/mol. The predicted octanol–water partition coefficient (Wildman–Crippen LogP) is 3.15. The molecule has 0 saturated heterocycles. The average molecular weight is 306 g/mol. The largest absolute Gasteiger partial charge is 0.308 e. The quantitative estimate of drug-likeness (QED) is 0.576. The van der Waals surface area contributed by atoms with Crippen LogP contribution in [-0.2, 0) is 6.42 Å². The Labute approximate surface area is 123 Å². The van der Waals surface area contributed by atoms with Gasteiger partial charge in [-0.1, -0.05) is 6.07 Å². The number of fused-ring (bicyclic) bond motifs is 1. The first-order valence-electron chi connectivity index (χ1n) is 6.24. The molecule has 0 saturated carbocycles. The maximum Gasteiger partial charge on any atom is 0.152 e. The van der Waals surface area contributed by atoms with Crippen molar-refractivity contribution in [2.24, 2.45) is 5.84 Å². The molecule has 0 bridgehead atoms. The number of thiophene rings is 1. The van der Waals surface area contributed by atoms with E-state index < -0.39 is 11.6 Å². The number of nitrogens with one attached hydrogen (secondary N) is 1. The highest BCUT2D eigenvalue weighted by Crippen LogP contribution is 2.28. The SMILES string of the molecule is Cc1cc2c(NN)nc(Cc3ccc(F)cc3F)nc2s1. The first kappa shape index (κ1) is 13.8. The summed E-state index contributed by atoms with van der Waals surface area (Å²) < 4.78 is 26.6. The van der Waals surface area contributed by atoms with Crippen LogP contribution in [0.3, 0.4) is 0 Å². The van der Waals surface area contributed by atoms with Gasteiger partial charge in [0.05, 0.1) is 5.39 Å². The Morgan fingerprint density at radius 2 is 2.05 bits per heavy atom. The molecule has 0 atom stereocenters. The van der Waals surface area contributed by atoms with Crippen molar-refractivity contribution in [2.45, 2.75) is 13.3 Å². The number of aromatic nitrogens is 2. The summed E-state index contributed by atoms with van der Waals surface area (Å²) in [6, 6.07) is 5.41. The van der Waals surface area contributed by atoms with Gasteiger partial charge >= 0.3 is 0 Å². The van der Waals surface area contributed by atoms with Gasteiger partial charge in [-0.15, -0.1) is 11.3 Å². The van der Waals surface area contributed by atoms with E-state index in [1.165, 1.54) is 23.5 Å². The van der Waals surface area contributed by atoms with Crippen LogP contribution in [0, 0.1) is 18.6 Å².